The average molecular weight is 368 g/mol. The fraction of sp³-hybridized carbons (Fsp3) is 0.550. The van der Waals surface area contributed by atoms with Crippen LogP contribution in [-0.2, 0) is 6.54 Å². The molecule has 0 aliphatic carbocycles. The summed E-state index contributed by atoms with van der Waals surface area (Å²) in [5, 5.41) is 4.55. The van der Waals surface area contributed by atoms with Crippen molar-refractivity contribution in [2.75, 3.05) is 51.2 Å². The quantitative estimate of drug-likeness (QED) is 0.809. The maximum Gasteiger partial charge on any atom is 0.269 e. The molecule has 0 radical (unpaired) electrons. The van der Waals surface area contributed by atoms with E-state index in [1.54, 1.807) is 10.7 Å². The maximum absolute atomic E-state index is 12.7. The van der Waals surface area contributed by atoms with Crippen LogP contribution >= 0.6 is 0 Å². The minimum atomic E-state index is 0.0159. The van der Waals surface area contributed by atoms with E-state index in [-0.39, 0.29) is 11.6 Å². The molecule has 1 atom stereocenters. The SMILES string of the molecule is CN1CCN(c2cnn(C3CCCN(Cc4ccncc4)C3)c(=O)c2)CC1. The van der Waals surface area contributed by atoms with Crippen LogP contribution in [0, 0.1) is 0 Å². The number of nitrogens with zero attached hydrogens (tertiary/aromatic N) is 6. The molecule has 2 fully saturated rings. The Balaban J connectivity index is 1.44. The molecule has 4 heterocycles. The molecule has 2 saturated heterocycles. The van der Waals surface area contributed by atoms with E-state index in [0.717, 1.165) is 64.3 Å². The lowest BCUT2D eigenvalue weighted by Gasteiger charge is -2.35. The largest absolute Gasteiger partial charge is 0.368 e. The van der Waals surface area contributed by atoms with Gasteiger partial charge in [-0.15, -0.1) is 0 Å². The summed E-state index contributed by atoms with van der Waals surface area (Å²) in [7, 11) is 2.13. The van der Waals surface area contributed by atoms with E-state index in [1.807, 2.05) is 18.6 Å². The summed E-state index contributed by atoms with van der Waals surface area (Å²) in [6.07, 6.45) is 7.63. The smallest absolute Gasteiger partial charge is 0.269 e. The lowest BCUT2D eigenvalue weighted by Crippen LogP contribution is -2.45. The van der Waals surface area contributed by atoms with Crippen LogP contribution in [0.5, 0.6) is 0 Å². The molecule has 0 spiro atoms. The molecular weight excluding hydrogens is 340 g/mol. The van der Waals surface area contributed by atoms with Crippen LogP contribution in [-0.4, -0.2) is 70.9 Å². The summed E-state index contributed by atoms with van der Waals surface area (Å²) in [6, 6.07) is 6.02. The van der Waals surface area contributed by atoms with Gasteiger partial charge in [0.25, 0.3) is 5.56 Å². The van der Waals surface area contributed by atoms with Crippen LogP contribution in [0.1, 0.15) is 24.4 Å². The van der Waals surface area contributed by atoms with Gasteiger partial charge >= 0.3 is 0 Å². The van der Waals surface area contributed by atoms with Crippen molar-refractivity contribution in [1.29, 1.82) is 0 Å². The summed E-state index contributed by atoms with van der Waals surface area (Å²) in [4.78, 5) is 23.8. The molecule has 27 heavy (non-hydrogen) atoms. The van der Waals surface area contributed by atoms with Gasteiger partial charge < -0.3 is 9.80 Å². The summed E-state index contributed by atoms with van der Waals surface area (Å²) in [6.45, 7) is 6.77. The molecule has 0 N–H and O–H groups in total. The number of aromatic nitrogens is 3. The number of piperidine rings is 1. The molecule has 0 saturated carbocycles. The third-order valence-electron chi connectivity index (χ3n) is 5.66. The van der Waals surface area contributed by atoms with Gasteiger partial charge in [-0.3, -0.25) is 14.7 Å². The molecule has 4 rings (SSSR count). The van der Waals surface area contributed by atoms with Crippen LogP contribution < -0.4 is 10.5 Å². The molecule has 144 valence electrons. The minimum Gasteiger partial charge on any atom is -0.368 e. The Kier molecular flexibility index (Phi) is 5.50. The molecule has 2 aliphatic heterocycles. The van der Waals surface area contributed by atoms with E-state index in [0.29, 0.717) is 0 Å². The van der Waals surface area contributed by atoms with Gasteiger partial charge in [0.05, 0.1) is 17.9 Å². The predicted molar refractivity (Wildman–Crippen MR) is 106 cm³/mol. The third kappa shape index (κ3) is 4.36. The molecule has 1 unspecified atom stereocenters. The van der Waals surface area contributed by atoms with Gasteiger partial charge in [-0.05, 0) is 44.1 Å². The summed E-state index contributed by atoms with van der Waals surface area (Å²) in [5.74, 6) is 0. The summed E-state index contributed by atoms with van der Waals surface area (Å²) >= 11 is 0. The van der Waals surface area contributed by atoms with Gasteiger partial charge in [0.2, 0.25) is 0 Å². The Hall–Kier alpha value is -2.25. The van der Waals surface area contributed by atoms with E-state index in [9.17, 15) is 4.79 Å². The fourth-order valence-corrected chi connectivity index (χ4v) is 4.04. The van der Waals surface area contributed by atoms with Gasteiger partial charge in [-0.25, -0.2) is 4.68 Å². The highest BCUT2D eigenvalue weighted by molar-refractivity contribution is 5.43. The van der Waals surface area contributed by atoms with Crippen molar-refractivity contribution < 1.29 is 0 Å². The Morgan fingerprint density at radius 3 is 2.63 bits per heavy atom. The Morgan fingerprint density at radius 1 is 1.11 bits per heavy atom. The van der Waals surface area contributed by atoms with Crippen molar-refractivity contribution >= 4 is 5.69 Å². The van der Waals surface area contributed by atoms with Crippen LogP contribution in [0.2, 0.25) is 0 Å². The number of rotatable bonds is 4. The van der Waals surface area contributed by atoms with Crippen LogP contribution in [0.25, 0.3) is 0 Å². The number of likely N-dealkylation sites (N-methyl/N-ethyl adjacent to an activating group) is 1. The Bertz CT molecular complexity index is 800. The molecule has 7 nitrogen and oxygen atoms in total. The van der Waals surface area contributed by atoms with Crippen molar-refractivity contribution in [1.82, 2.24) is 24.6 Å². The maximum atomic E-state index is 12.7. The van der Waals surface area contributed by atoms with Gasteiger partial charge in [-0.2, -0.15) is 5.10 Å². The van der Waals surface area contributed by atoms with Crippen molar-refractivity contribution in [3.63, 3.8) is 0 Å². The van der Waals surface area contributed by atoms with E-state index in [1.165, 1.54) is 5.56 Å². The first-order chi connectivity index (χ1) is 13.2. The standard InChI is InChI=1S/C20H28N6O/c1-23-9-11-25(12-10-23)19-13-20(27)26(22-14-19)18-3-2-8-24(16-18)15-17-4-6-21-7-5-17/h4-7,13-14,18H,2-3,8-12,15-16H2,1H3. The summed E-state index contributed by atoms with van der Waals surface area (Å²) in [5.41, 5.74) is 2.23. The third-order valence-corrected chi connectivity index (χ3v) is 5.66. The first-order valence-corrected chi connectivity index (χ1v) is 9.83. The van der Waals surface area contributed by atoms with E-state index >= 15 is 0 Å². The van der Waals surface area contributed by atoms with Crippen molar-refractivity contribution in [3.05, 3.63) is 52.7 Å². The zero-order valence-corrected chi connectivity index (χ0v) is 16.0. The molecule has 0 aromatic carbocycles. The zero-order valence-electron chi connectivity index (χ0n) is 16.0. The van der Waals surface area contributed by atoms with Crippen molar-refractivity contribution in [2.45, 2.75) is 25.4 Å². The molecule has 0 amide bonds. The van der Waals surface area contributed by atoms with E-state index in [2.05, 4.69) is 44.0 Å². The highest BCUT2D eigenvalue weighted by Gasteiger charge is 2.23. The van der Waals surface area contributed by atoms with E-state index in [4.69, 9.17) is 0 Å². The second kappa shape index (κ2) is 8.19. The monoisotopic (exact) mass is 368 g/mol. The molecule has 0 bridgehead atoms. The summed E-state index contributed by atoms with van der Waals surface area (Å²) < 4.78 is 1.69. The average Bonchev–Trinajstić information content (AvgIpc) is 2.69. The predicted octanol–water partition coefficient (Wildman–Crippen LogP) is 1.23. The first kappa shape index (κ1) is 18.1. The minimum absolute atomic E-state index is 0.0159. The van der Waals surface area contributed by atoms with Crippen LogP contribution in [0.4, 0.5) is 5.69 Å². The second-order valence-corrected chi connectivity index (χ2v) is 7.67. The number of hydrogen-bond acceptors (Lipinski definition) is 6. The van der Waals surface area contributed by atoms with Crippen molar-refractivity contribution in [2.24, 2.45) is 0 Å². The van der Waals surface area contributed by atoms with Gasteiger partial charge in [-0.1, -0.05) is 0 Å². The molecule has 7 heteroatoms. The number of piperazine rings is 1. The van der Waals surface area contributed by atoms with Gasteiger partial charge in [0.15, 0.2) is 0 Å². The normalized spacial score (nSPS) is 22.1. The van der Waals surface area contributed by atoms with Crippen LogP contribution in [0.15, 0.2) is 41.6 Å². The number of likely N-dealkylation sites (tertiary alicyclic amines) is 1. The highest BCUT2D eigenvalue weighted by Crippen LogP contribution is 2.22. The molecule has 2 aliphatic rings. The lowest BCUT2D eigenvalue weighted by molar-refractivity contribution is 0.160. The molecule has 2 aromatic rings. The number of pyridine rings is 1. The molecule has 2 aromatic heterocycles. The lowest BCUT2D eigenvalue weighted by atomic mass is 10.1. The topological polar surface area (TPSA) is 57.5 Å². The zero-order chi connectivity index (χ0) is 18.6. The first-order valence-electron chi connectivity index (χ1n) is 9.83. The second-order valence-electron chi connectivity index (χ2n) is 7.67. The fourth-order valence-electron chi connectivity index (χ4n) is 4.04. The Labute approximate surface area is 160 Å². The highest BCUT2D eigenvalue weighted by atomic mass is 16.1. The Morgan fingerprint density at radius 2 is 1.89 bits per heavy atom. The number of hydrogen-bond donors (Lipinski definition) is 0. The van der Waals surface area contributed by atoms with E-state index < -0.39 is 0 Å². The van der Waals surface area contributed by atoms with Gasteiger partial charge in [0, 0.05) is 57.7 Å². The van der Waals surface area contributed by atoms with Crippen molar-refractivity contribution in [3.8, 4) is 0 Å². The van der Waals surface area contributed by atoms with Gasteiger partial charge in [0.1, 0.15) is 0 Å². The van der Waals surface area contributed by atoms with Crippen LogP contribution in [0.3, 0.4) is 0 Å². The molecular formula is C20H28N6O. The number of anilines is 1.